The molecule has 32 heavy (non-hydrogen) atoms. The molecule has 0 saturated carbocycles. The highest BCUT2D eigenvalue weighted by Gasteiger charge is 2.69. The SMILES string of the molecule is CC(C)OC(=O)C1=C(C(=O)OC(C)C)C(C#N)(C#N)C(C#N)(C#N)C2C=CC(C=O)=CN12. The lowest BCUT2D eigenvalue weighted by Crippen LogP contribution is -2.60. The normalized spacial score (nSPS) is 20.1. The third kappa shape index (κ3) is 3.39. The molecular weight excluding hydrogens is 414 g/mol. The molecule has 0 fully saturated rings. The van der Waals surface area contributed by atoms with Gasteiger partial charge < -0.3 is 14.4 Å². The van der Waals surface area contributed by atoms with Gasteiger partial charge in [-0.15, -0.1) is 0 Å². The van der Waals surface area contributed by atoms with Crippen LogP contribution in [0.25, 0.3) is 0 Å². The molecular formula is C22H19N5O5. The molecule has 1 atom stereocenters. The Morgan fingerprint density at radius 2 is 1.53 bits per heavy atom. The van der Waals surface area contributed by atoms with Gasteiger partial charge in [-0.1, -0.05) is 12.2 Å². The van der Waals surface area contributed by atoms with Crippen molar-refractivity contribution < 1.29 is 23.9 Å². The van der Waals surface area contributed by atoms with E-state index in [1.54, 1.807) is 38.1 Å². The number of hydrogen-bond acceptors (Lipinski definition) is 10. The van der Waals surface area contributed by atoms with Gasteiger partial charge in [0.15, 0.2) is 6.29 Å². The second-order valence-electron chi connectivity index (χ2n) is 7.60. The van der Waals surface area contributed by atoms with Crippen molar-refractivity contribution >= 4 is 18.2 Å². The summed E-state index contributed by atoms with van der Waals surface area (Å²) < 4.78 is 10.4. The molecule has 10 heteroatoms. The lowest BCUT2D eigenvalue weighted by Gasteiger charge is -2.48. The molecule has 2 rings (SSSR count). The van der Waals surface area contributed by atoms with E-state index in [2.05, 4.69) is 0 Å². The maximum absolute atomic E-state index is 13.1. The van der Waals surface area contributed by atoms with E-state index < -0.39 is 52.3 Å². The number of esters is 2. The predicted octanol–water partition coefficient (Wildman–Crippen LogP) is 1.55. The molecule has 1 unspecified atom stereocenters. The van der Waals surface area contributed by atoms with Crippen LogP contribution >= 0.6 is 0 Å². The van der Waals surface area contributed by atoms with E-state index >= 15 is 0 Å². The minimum Gasteiger partial charge on any atom is -0.459 e. The van der Waals surface area contributed by atoms with Crippen LogP contribution in [0.4, 0.5) is 0 Å². The van der Waals surface area contributed by atoms with Crippen molar-refractivity contribution in [3.8, 4) is 24.3 Å². The van der Waals surface area contributed by atoms with E-state index in [9.17, 15) is 35.4 Å². The molecule has 0 aromatic rings. The lowest BCUT2D eigenvalue weighted by atomic mass is 9.55. The molecule has 0 aromatic heterocycles. The number of nitriles is 4. The van der Waals surface area contributed by atoms with Gasteiger partial charge in [-0.3, -0.25) is 4.79 Å². The molecule has 0 saturated heterocycles. The van der Waals surface area contributed by atoms with E-state index in [1.807, 2.05) is 0 Å². The number of carbonyl (C=O) groups excluding carboxylic acids is 3. The molecule has 10 nitrogen and oxygen atoms in total. The van der Waals surface area contributed by atoms with Crippen LogP contribution in [0.3, 0.4) is 0 Å². The number of ether oxygens (including phenoxy) is 2. The Morgan fingerprint density at radius 1 is 1.00 bits per heavy atom. The fraction of sp³-hybridized carbons (Fsp3) is 0.409. The van der Waals surface area contributed by atoms with Crippen molar-refractivity contribution in [1.82, 2.24) is 4.90 Å². The zero-order chi connectivity index (χ0) is 24.3. The standard InChI is InChI=1S/C22H19N5O5/c1-13(2)31-19(29)17-18(20(30)32-14(3)4)27-7-15(8-28)5-6-16(27)21(9-23,10-24)22(17,11-25)12-26/h5-8,13-14,16H,1-4H3. The Morgan fingerprint density at radius 3 is 1.97 bits per heavy atom. The average Bonchev–Trinajstić information content (AvgIpc) is 2.75. The van der Waals surface area contributed by atoms with Gasteiger partial charge in [0, 0.05) is 11.8 Å². The summed E-state index contributed by atoms with van der Waals surface area (Å²) in [6.45, 7) is 6.10. The monoisotopic (exact) mass is 433 g/mol. The Bertz CT molecular complexity index is 1090. The first-order chi connectivity index (χ1) is 15.1. The average molecular weight is 433 g/mol. The summed E-state index contributed by atoms with van der Waals surface area (Å²) in [6, 6.07) is 5.36. The van der Waals surface area contributed by atoms with Gasteiger partial charge in [0.25, 0.3) is 0 Å². The van der Waals surface area contributed by atoms with Crippen LogP contribution < -0.4 is 0 Å². The first kappa shape index (κ1) is 23.9. The first-order valence-corrected chi connectivity index (χ1v) is 9.54. The van der Waals surface area contributed by atoms with Gasteiger partial charge >= 0.3 is 11.9 Å². The minimum absolute atomic E-state index is 0.0545. The molecule has 0 spiro atoms. The van der Waals surface area contributed by atoms with Gasteiger partial charge in [0.05, 0.1) is 42.5 Å². The molecule has 0 aromatic carbocycles. The number of carbonyl (C=O) groups is 3. The van der Waals surface area contributed by atoms with Crippen molar-refractivity contribution in [2.45, 2.75) is 45.9 Å². The van der Waals surface area contributed by atoms with Crippen LogP contribution in [0.15, 0.2) is 35.2 Å². The quantitative estimate of drug-likeness (QED) is 0.458. The second-order valence-corrected chi connectivity index (χ2v) is 7.60. The fourth-order valence-electron chi connectivity index (χ4n) is 3.57. The lowest BCUT2D eigenvalue weighted by molar-refractivity contribution is -0.149. The summed E-state index contributed by atoms with van der Waals surface area (Å²) in [5, 5.41) is 40.2. The maximum atomic E-state index is 13.1. The topological polar surface area (TPSA) is 168 Å². The highest BCUT2D eigenvalue weighted by Crippen LogP contribution is 2.55. The largest absolute Gasteiger partial charge is 0.459 e. The van der Waals surface area contributed by atoms with Crippen LogP contribution in [0, 0.1) is 56.2 Å². The van der Waals surface area contributed by atoms with Crippen LogP contribution in [0.2, 0.25) is 0 Å². The molecule has 0 amide bonds. The summed E-state index contributed by atoms with van der Waals surface area (Å²) in [5.41, 5.74) is -6.45. The molecule has 2 aliphatic heterocycles. The summed E-state index contributed by atoms with van der Waals surface area (Å²) >= 11 is 0. The number of allylic oxidation sites excluding steroid dienone is 2. The summed E-state index contributed by atoms with van der Waals surface area (Å²) in [6.07, 6.45) is 2.79. The second kappa shape index (κ2) is 8.76. The third-order valence-corrected chi connectivity index (χ3v) is 4.87. The van der Waals surface area contributed by atoms with Crippen molar-refractivity contribution in [1.29, 1.82) is 21.0 Å². The summed E-state index contributed by atoms with van der Waals surface area (Å²) in [5.74, 6) is -2.32. The molecule has 0 aliphatic carbocycles. The predicted molar refractivity (Wildman–Crippen MR) is 106 cm³/mol. The van der Waals surface area contributed by atoms with Crippen LogP contribution in [-0.4, -0.2) is 41.4 Å². The molecule has 2 aliphatic rings. The van der Waals surface area contributed by atoms with Crippen LogP contribution in [0.1, 0.15) is 27.7 Å². The zero-order valence-corrected chi connectivity index (χ0v) is 17.8. The number of nitrogens with zero attached hydrogens (tertiary/aromatic N) is 5. The van der Waals surface area contributed by atoms with E-state index in [0.29, 0.717) is 6.29 Å². The van der Waals surface area contributed by atoms with E-state index in [4.69, 9.17) is 9.47 Å². The number of hydrogen-bond donors (Lipinski definition) is 0. The van der Waals surface area contributed by atoms with Gasteiger partial charge in [-0.25, -0.2) is 9.59 Å². The van der Waals surface area contributed by atoms with Crippen LogP contribution in [0.5, 0.6) is 0 Å². The van der Waals surface area contributed by atoms with Crippen molar-refractivity contribution in [3.63, 3.8) is 0 Å². The Labute approximate surface area is 184 Å². The van der Waals surface area contributed by atoms with E-state index in [0.717, 1.165) is 11.1 Å². The first-order valence-electron chi connectivity index (χ1n) is 9.54. The number of aldehydes is 1. The third-order valence-electron chi connectivity index (χ3n) is 4.87. The van der Waals surface area contributed by atoms with Crippen molar-refractivity contribution in [2.24, 2.45) is 10.8 Å². The van der Waals surface area contributed by atoms with E-state index in [1.165, 1.54) is 26.0 Å². The van der Waals surface area contributed by atoms with Gasteiger partial charge in [-0.2, -0.15) is 21.0 Å². The minimum atomic E-state index is -2.70. The Kier molecular flexibility index (Phi) is 6.53. The summed E-state index contributed by atoms with van der Waals surface area (Å²) in [4.78, 5) is 38.7. The zero-order valence-electron chi connectivity index (χ0n) is 17.8. The Hall–Kier alpha value is -4.41. The van der Waals surface area contributed by atoms with Gasteiger partial charge in [-0.05, 0) is 27.7 Å². The molecule has 0 bridgehead atoms. The molecule has 0 N–H and O–H groups in total. The smallest absolute Gasteiger partial charge is 0.355 e. The number of fused-ring (bicyclic) bond motifs is 1. The van der Waals surface area contributed by atoms with Gasteiger partial charge in [0.2, 0.25) is 10.8 Å². The van der Waals surface area contributed by atoms with Crippen LogP contribution in [-0.2, 0) is 23.9 Å². The molecule has 0 radical (unpaired) electrons. The molecule has 162 valence electrons. The summed E-state index contributed by atoms with van der Waals surface area (Å²) in [7, 11) is 0. The maximum Gasteiger partial charge on any atom is 0.355 e. The van der Waals surface area contributed by atoms with E-state index in [-0.39, 0.29) is 5.57 Å². The van der Waals surface area contributed by atoms with Crippen molar-refractivity contribution in [3.05, 3.63) is 35.2 Å². The fourth-order valence-corrected chi connectivity index (χ4v) is 3.57. The molecule has 2 heterocycles. The van der Waals surface area contributed by atoms with Gasteiger partial charge in [0.1, 0.15) is 11.3 Å². The highest BCUT2D eigenvalue weighted by atomic mass is 16.5. The Balaban J connectivity index is 3.11. The number of rotatable bonds is 5. The highest BCUT2D eigenvalue weighted by molar-refractivity contribution is 6.03. The van der Waals surface area contributed by atoms with Crippen molar-refractivity contribution in [2.75, 3.05) is 0 Å².